The van der Waals surface area contributed by atoms with E-state index in [1.807, 2.05) is 0 Å². The maximum Gasteiger partial charge on any atom is 0.416 e. The van der Waals surface area contributed by atoms with Crippen LogP contribution in [0.1, 0.15) is 54.9 Å². The Kier molecular flexibility index (Phi) is 7.33. The molecule has 0 spiro atoms. The highest BCUT2D eigenvalue weighted by Crippen LogP contribution is 2.44. The van der Waals surface area contributed by atoms with Crippen LogP contribution in [0, 0.1) is 10.1 Å². The van der Waals surface area contributed by atoms with Gasteiger partial charge in [0, 0.05) is 18.5 Å². The van der Waals surface area contributed by atoms with E-state index in [1.165, 1.54) is 26.0 Å². The first-order chi connectivity index (χ1) is 18.0. The molecule has 198 valence electrons. The van der Waals surface area contributed by atoms with Crippen LogP contribution in [-0.2, 0) is 27.1 Å². The van der Waals surface area contributed by atoms with Crippen LogP contribution in [0.2, 0.25) is 0 Å². The van der Waals surface area contributed by atoms with Gasteiger partial charge in [-0.05, 0) is 36.6 Å². The molecule has 12 heteroatoms. The SMILES string of the molecule is CC1=C(C(=O)OCc2ccc(C3=NNC(=O)CC3)cc2)C(c2ccccc2C(F)(F)F)C([N+](=O)[O-])=C(C)N1. The van der Waals surface area contributed by atoms with Crippen molar-refractivity contribution in [3.8, 4) is 0 Å². The number of alkyl halides is 3. The molecule has 2 heterocycles. The molecule has 4 rings (SSSR count). The number of hydrazone groups is 1. The van der Waals surface area contributed by atoms with E-state index in [9.17, 15) is 32.9 Å². The topological polar surface area (TPSA) is 123 Å². The van der Waals surface area contributed by atoms with Crippen LogP contribution in [0.4, 0.5) is 13.2 Å². The number of benzene rings is 2. The molecule has 1 unspecified atom stereocenters. The van der Waals surface area contributed by atoms with Crippen molar-refractivity contribution in [3.05, 3.63) is 104 Å². The minimum Gasteiger partial charge on any atom is -0.457 e. The number of hydrogen-bond donors (Lipinski definition) is 2. The summed E-state index contributed by atoms with van der Waals surface area (Å²) in [6, 6.07) is 11.3. The standard InChI is InChI=1S/C26H23F3N4O5/c1-14-22(25(35)38-13-16-7-9-17(10-8-16)20-11-12-21(34)32-31-20)23(24(33(36)37)15(2)30-14)18-5-3-4-6-19(18)26(27,28)29/h3-10,23,30H,11-13H2,1-2H3,(H,32,34). The molecular formula is C26H23F3N4O5. The number of halogens is 3. The third-order valence-electron chi connectivity index (χ3n) is 6.28. The summed E-state index contributed by atoms with van der Waals surface area (Å²) in [7, 11) is 0. The molecule has 1 amide bonds. The molecule has 1 atom stereocenters. The van der Waals surface area contributed by atoms with E-state index in [-0.39, 0.29) is 29.5 Å². The summed E-state index contributed by atoms with van der Waals surface area (Å²) in [5, 5.41) is 18.7. The molecule has 2 N–H and O–H groups in total. The predicted molar refractivity (Wildman–Crippen MR) is 130 cm³/mol. The molecule has 0 saturated heterocycles. The Morgan fingerprint density at radius 3 is 2.39 bits per heavy atom. The molecule has 9 nitrogen and oxygen atoms in total. The predicted octanol–water partition coefficient (Wildman–Crippen LogP) is 4.53. The molecule has 38 heavy (non-hydrogen) atoms. The lowest BCUT2D eigenvalue weighted by Gasteiger charge is -2.28. The quantitative estimate of drug-likeness (QED) is 0.323. The normalized spacial score (nSPS) is 18.0. The summed E-state index contributed by atoms with van der Waals surface area (Å²) in [5.74, 6) is -2.74. The Bertz CT molecular complexity index is 1390. The zero-order valence-corrected chi connectivity index (χ0v) is 20.4. The number of nitrogens with zero attached hydrogens (tertiary/aromatic N) is 2. The van der Waals surface area contributed by atoms with E-state index in [0.717, 1.165) is 17.7 Å². The van der Waals surface area contributed by atoms with Crippen molar-refractivity contribution in [1.82, 2.24) is 10.7 Å². The fourth-order valence-electron chi connectivity index (χ4n) is 4.51. The maximum atomic E-state index is 13.8. The number of rotatable bonds is 6. The Morgan fingerprint density at radius 1 is 1.11 bits per heavy atom. The van der Waals surface area contributed by atoms with Crippen LogP contribution in [-0.4, -0.2) is 22.5 Å². The summed E-state index contributed by atoms with van der Waals surface area (Å²) in [6.07, 6.45) is -4.00. The fourth-order valence-corrected chi connectivity index (χ4v) is 4.51. The van der Waals surface area contributed by atoms with Crippen LogP contribution in [0.5, 0.6) is 0 Å². The molecule has 0 radical (unpaired) electrons. The van der Waals surface area contributed by atoms with E-state index in [0.29, 0.717) is 24.1 Å². The monoisotopic (exact) mass is 528 g/mol. The molecule has 2 aromatic rings. The van der Waals surface area contributed by atoms with Crippen molar-refractivity contribution in [3.63, 3.8) is 0 Å². The van der Waals surface area contributed by atoms with Crippen molar-refractivity contribution in [1.29, 1.82) is 0 Å². The lowest BCUT2D eigenvalue weighted by atomic mass is 9.81. The Hall–Kier alpha value is -4.48. The highest BCUT2D eigenvalue weighted by molar-refractivity contribution is 6.04. The summed E-state index contributed by atoms with van der Waals surface area (Å²) in [6.45, 7) is 2.61. The molecule has 0 aromatic heterocycles. The van der Waals surface area contributed by atoms with Gasteiger partial charge in [-0.25, -0.2) is 10.2 Å². The van der Waals surface area contributed by atoms with Gasteiger partial charge in [0.05, 0.1) is 27.5 Å². The number of esters is 1. The van der Waals surface area contributed by atoms with Gasteiger partial charge in [-0.2, -0.15) is 18.3 Å². The van der Waals surface area contributed by atoms with E-state index >= 15 is 0 Å². The van der Waals surface area contributed by atoms with Crippen molar-refractivity contribution in [2.24, 2.45) is 5.10 Å². The molecule has 2 aliphatic rings. The Morgan fingerprint density at radius 2 is 1.79 bits per heavy atom. The van der Waals surface area contributed by atoms with Crippen LogP contribution in [0.25, 0.3) is 0 Å². The summed E-state index contributed by atoms with van der Waals surface area (Å²) in [4.78, 5) is 35.7. The van der Waals surface area contributed by atoms with Crippen molar-refractivity contribution >= 4 is 17.6 Å². The van der Waals surface area contributed by atoms with Gasteiger partial charge in [0.25, 0.3) is 5.70 Å². The molecule has 2 aliphatic heterocycles. The maximum absolute atomic E-state index is 13.8. The minimum atomic E-state index is -4.80. The van der Waals surface area contributed by atoms with Crippen LogP contribution in [0.15, 0.2) is 76.3 Å². The van der Waals surface area contributed by atoms with E-state index < -0.39 is 39.8 Å². The highest BCUT2D eigenvalue weighted by atomic mass is 19.4. The van der Waals surface area contributed by atoms with Gasteiger partial charge in [0.1, 0.15) is 12.5 Å². The van der Waals surface area contributed by atoms with Gasteiger partial charge in [0.2, 0.25) is 5.91 Å². The lowest BCUT2D eigenvalue weighted by molar-refractivity contribution is -0.431. The molecule has 0 bridgehead atoms. The number of allylic oxidation sites excluding steroid dienone is 3. The van der Waals surface area contributed by atoms with Crippen molar-refractivity contribution < 1.29 is 32.4 Å². The average molecular weight is 528 g/mol. The number of hydrogen-bond acceptors (Lipinski definition) is 7. The number of carbonyl (C=O) groups is 2. The van der Waals surface area contributed by atoms with Gasteiger partial charge in [-0.3, -0.25) is 14.9 Å². The average Bonchev–Trinajstić information content (AvgIpc) is 2.87. The first kappa shape index (κ1) is 26.6. The Balaban J connectivity index is 1.62. The third-order valence-corrected chi connectivity index (χ3v) is 6.28. The molecule has 0 saturated carbocycles. The minimum absolute atomic E-state index is 0.0310. The molecular weight excluding hydrogens is 505 g/mol. The number of carbonyl (C=O) groups excluding carboxylic acids is 2. The van der Waals surface area contributed by atoms with Crippen LogP contribution in [0.3, 0.4) is 0 Å². The fraction of sp³-hybridized carbons (Fsp3) is 0.269. The smallest absolute Gasteiger partial charge is 0.416 e. The van der Waals surface area contributed by atoms with Crippen LogP contribution < -0.4 is 10.7 Å². The number of ether oxygens (including phenoxy) is 1. The first-order valence-electron chi connectivity index (χ1n) is 11.6. The number of nitro groups is 1. The summed E-state index contributed by atoms with van der Waals surface area (Å²) in [5.41, 5.74) is 2.33. The summed E-state index contributed by atoms with van der Waals surface area (Å²) < 4.78 is 47.0. The molecule has 0 fully saturated rings. The van der Waals surface area contributed by atoms with Gasteiger partial charge in [0.15, 0.2) is 0 Å². The number of nitrogens with one attached hydrogen (secondary N) is 2. The largest absolute Gasteiger partial charge is 0.457 e. The van der Waals surface area contributed by atoms with Crippen molar-refractivity contribution in [2.45, 2.75) is 45.4 Å². The zero-order valence-electron chi connectivity index (χ0n) is 20.4. The van der Waals surface area contributed by atoms with Gasteiger partial charge in [-0.1, -0.05) is 42.5 Å². The lowest BCUT2D eigenvalue weighted by Crippen LogP contribution is -2.32. The summed E-state index contributed by atoms with van der Waals surface area (Å²) >= 11 is 0. The van der Waals surface area contributed by atoms with E-state index in [1.54, 1.807) is 24.3 Å². The second kappa shape index (κ2) is 10.5. The second-order valence-electron chi connectivity index (χ2n) is 8.82. The number of dihydropyridines is 1. The molecule has 0 aliphatic carbocycles. The van der Waals surface area contributed by atoms with Crippen LogP contribution >= 0.6 is 0 Å². The zero-order chi connectivity index (χ0) is 27.6. The molecule has 2 aromatic carbocycles. The van der Waals surface area contributed by atoms with Crippen molar-refractivity contribution in [2.75, 3.05) is 0 Å². The third kappa shape index (κ3) is 5.43. The highest BCUT2D eigenvalue weighted by Gasteiger charge is 2.45. The number of amides is 1. The van der Waals surface area contributed by atoms with E-state index in [4.69, 9.17) is 4.74 Å². The van der Waals surface area contributed by atoms with Gasteiger partial charge in [-0.15, -0.1) is 0 Å². The first-order valence-corrected chi connectivity index (χ1v) is 11.6. The second-order valence-corrected chi connectivity index (χ2v) is 8.82. The van der Waals surface area contributed by atoms with E-state index in [2.05, 4.69) is 15.8 Å². The van der Waals surface area contributed by atoms with Gasteiger partial charge < -0.3 is 10.1 Å². The van der Waals surface area contributed by atoms with Gasteiger partial charge >= 0.3 is 12.1 Å². The Labute approximate surface area is 215 Å².